The van der Waals surface area contributed by atoms with Gasteiger partial charge >= 0.3 is 6.36 Å². The SMILES string of the molecule is FC(F)(F)Oc1[c]c(Cl)ccc1. The summed E-state index contributed by atoms with van der Waals surface area (Å²) in [5.41, 5.74) is 0. The lowest BCUT2D eigenvalue weighted by molar-refractivity contribution is -0.274. The average molecular weight is 196 g/mol. The van der Waals surface area contributed by atoms with Gasteiger partial charge in [0.1, 0.15) is 5.75 Å². The van der Waals surface area contributed by atoms with E-state index in [2.05, 4.69) is 10.8 Å². The van der Waals surface area contributed by atoms with E-state index in [1.54, 1.807) is 0 Å². The zero-order valence-electron chi connectivity index (χ0n) is 5.65. The minimum atomic E-state index is -4.69. The second-order valence-electron chi connectivity index (χ2n) is 1.91. The number of ether oxygens (including phenoxy) is 1. The van der Waals surface area contributed by atoms with E-state index in [1.165, 1.54) is 12.1 Å². The van der Waals surface area contributed by atoms with Crippen molar-refractivity contribution in [2.45, 2.75) is 6.36 Å². The Morgan fingerprint density at radius 1 is 1.33 bits per heavy atom. The average Bonchev–Trinajstić information content (AvgIpc) is 1.82. The number of hydrogen-bond acceptors (Lipinski definition) is 1. The summed E-state index contributed by atoms with van der Waals surface area (Å²) in [7, 11) is 0. The molecule has 0 N–H and O–H groups in total. The predicted octanol–water partition coefficient (Wildman–Crippen LogP) is 3.04. The molecule has 0 heterocycles. The Bertz CT molecular complexity index is 272. The van der Waals surface area contributed by atoms with Gasteiger partial charge in [0.15, 0.2) is 0 Å². The Balaban J connectivity index is 2.77. The van der Waals surface area contributed by atoms with Crippen LogP contribution in [-0.2, 0) is 0 Å². The topological polar surface area (TPSA) is 9.23 Å². The first-order valence-electron chi connectivity index (χ1n) is 2.91. The van der Waals surface area contributed by atoms with E-state index >= 15 is 0 Å². The summed E-state index contributed by atoms with van der Waals surface area (Å²) in [6.07, 6.45) is -4.69. The molecule has 0 bridgehead atoms. The molecule has 0 amide bonds. The predicted molar refractivity (Wildman–Crippen MR) is 37.0 cm³/mol. The van der Waals surface area contributed by atoms with Gasteiger partial charge in [-0.15, -0.1) is 13.2 Å². The zero-order valence-corrected chi connectivity index (χ0v) is 6.41. The molecular weight excluding hydrogens is 193 g/mol. The van der Waals surface area contributed by atoms with Crippen molar-refractivity contribution >= 4 is 11.6 Å². The molecule has 1 radical (unpaired) electrons. The first kappa shape index (κ1) is 9.19. The molecule has 1 rings (SSSR count). The maximum Gasteiger partial charge on any atom is 0.573 e. The summed E-state index contributed by atoms with van der Waals surface area (Å²) in [6, 6.07) is 6.07. The maximum atomic E-state index is 11.6. The molecule has 1 aromatic carbocycles. The van der Waals surface area contributed by atoms with Crippen molar-refractivity contribution in [3.8, 4) is 5.75 Å². The maximum absolute atomic E-state index is 11.6. The van der Waals surface area contributed by atoms with E-state index in [9.17, 15) is 13.2 Å². The molecule has 0 aliphatic heterocycles. The molecular formula is C7H3ClF3O. The third kappa shape index (κ3) is 3.00. The fourth-order valence-corrected chi connectivity index (χ4v) is 0.771. The van der Waals surface area contributed by atoms with E-state index in [-0.39, 0.29) is 5.02 Å². The molecule has 0 fully saturated rings. The van der Waals surface area contributed by atoms with Crippen molar-refractivity contribution in [3.63, 3.8) is 0 Å². The summed E-state index contributed by atoms with van der Waals surface area (Å²) in [5.74, 6) is -0.435. The number of halogens is 4. The van der Waals surface area contributed by atoms with Crippen LogP contribution in [0.5, 0.6) is 5.75 Å². The van der Waals surface area contributed by atoms with Gasteiger partial charge in [0.2, 0.25) is 0 Å². The first-order chi connectivity index (χ1) is 5.47. The zero-order chi connectivity index (χ0) is 9.19. The first-order valence-corrected chi connectivity index (χ1v) is 3.29. The Kier molecular flexibility index (Phi) is 2.47. The lowest BCUT2D eigenvalue weighted by Crippen LogP contribution is -2.17. The lowest BCUT2D eigenvalue weighted by Gasteiger charge is -2.07. The standard InChI is InChI=1S/C7H3ClF3O/c8-5-2-1-3-6(4-5)12-7(9,10)11/h1-3H. The molecule has 12 heavy (non-hydrogen) atoms. The third-order valence-corrected chi connectivity index (χ3v) is 1.18. The molecule has 0 aliphatic carbocycles. The molecule has 0 aromatic heterocycles. The van der Waals surface area contributed by atoms with Crippen molar-refractivity contribution in [1.29, 1.82) is 0 Å². The van der Waals surface area contributed by atoms with E-state index < -0.39 is 12.1 Å². The van der Waals surface area contributed by atoms with Gasteiger partial charge in [-0.05, 0) is 12.1 Å². The number of hydrogen-bond donors (Lipinski definition) is 0. The van der Waals surface area contributed by atoms with E-state index in [4.69, 9.17) is 11.6 Å². The number of alkyl halides is 3. The van der Waals surface area contributed by atoms with Crippen LogP contribution in [0.15, 0.2) is 18.2 Å². The van der Waals surface area contributed by atoms with Gasteiger partial charge in [-0.3, -0.25) is 0 Å². The molecule has 0 saturated heterocycles. The van der Waals surface area contributed by atoms with Crippen LogP contribution in [-0.4, -0.2) is 6.36 Å². The monoisotopic (exact) mass is 195 g/mol. The van der Waals surface area contributed by atoms with Crippen molar-refractivity contribution in [2.75, 3.05) is 0 Å². The smallest absolute Gasteiger partial charge is 0.405 e. The fraction of sp³-hybridized carbons (Fsp3) is 0.143. The number of rotatable bonds is 1. The van der Waals surface area contributed by atoms with Gasteiger partial charge in [0.25, 0.3) is 0 Å². The minimum absolute atomic E-state index is 0.0803. The van der Waals surface area contributed by atoms with Gasteiger partial charge in [-0.25, -0.2) is 0 Å². The van der Waals surface area contributed by atoms with Gasteiger partial charge in [-0.2, -0.15) is 0 Å². The van der Waals surface area contributed by atoms with Crippen LogP contribution in [0.25, 0.3) is 0 Å². The summed E-state index contributed by atoms with van der Waals surface area (Å²) in [6.45, 7) is 0. The van der Waals surface area contributed by atoms with Crippen molar-refractivity contribution in [1.82, 2.24) is 0 Å². The molecule has 65 valence electrons. The van der Waals surface area contributed by atoms with Crippen LogP contribution in [0.1, 0.15) is 0 Å². The molecule has 0 aliphatic rings. The van der Waals surface area contributed by atoms with Crippen molar-refractivity contribution in [3.05, 3.63) is 29.3 Å². The van der Waals surface area contributed by atoms with Gasteiger partial charge in [0, 0.05) is 6.07 Å². The van der Waals surface area contributed by atoms with Crippen LogP contribution in [0.2, 0.25) is 5.02 Å². The molecule has 0 spiro atoms. The van der Waals surface area contributed by atoms with E-state index in [0.29, 0.717) is 0 Å². The van der Waals surface area contributed by atoms with Gasteiger partial charge in [-0.1, -0.05) is 17.7 Å². The lowest BCUT2D eigenvalue weighted by atomic mass is 10.3. The summed E-state index contributed by atoms with van der Waals surface area (Å²) in [5, 5.41) is 0.0803. The summed E-state index contributed by atoms with van der Waals surface area (Å²) >= 11 is 5.37. The second kappa shape index (κ2) is 3.23. The minimum Gasteiger partial charge on any atom is -0.405 e. The van der Waals surface area contributed by atoms with Crippen molar-refractivity contribution in [2.24, 2.45) is 0 Å². The normalized spacial score (nSPS) is 11.3. The van der Waals surface area contributed by atoms with Crippen LogP contribution in [0.4, 0.5) is 13.2 Å². The Labute approximate surface area is 71.7 Å². The largest absolute Gasteiger partial charge is 0.573 e. The quantitative estimate of drug-likeness (QED) is 0.669. The van der Waals surface area contributed by atoms with Crippen LogP contribution >= 0.6 is 11.6 Å². The van der Waals surface area contributed by atoms with Crippen LogP contribution in [0, 0.1) is 6.07 Å². The second-order valence-corrected chi connectivity index (χ2v) is 2.32. The van der Waals surface area contributed by atoms with Crippen LogP contribution < -0.4 is 4.74 Å². The number of benzene rings is 1. The molecule has 5 heteroatoms. The highest BCUT2D eigenvalue weighted by Gasteiger charge is 2.31. The van der Waals surface area contributed by atoms with E-state index in [1.807, 2.05) is 0 Å². The Morgan fingerprint density at radius 3 is 2.50 bits per heavy atom. The van der Waals surface area contributed by atoms with Crippen molar-refractivity contribution < 1.29 is 17.9 Å². The van der Waals surface area contributed by atoms with E-state index in [0.717, 1.165) is 6.07 Å². The summed E-state index contributed by atoms with van der Waals surface area (Å²) < 4.78 is 38.3. The molecule has 0 unspecified atom stereocenters. The van der Waals surface area contributed by atoms with Crippen LogP contribution in [0.3, 0.4) is 0 Å². The highest BCUT2D eigenvalue weighted by Crippen LogP contribution is 2.23. The van der Waals surface area contributed by atoms with Gasteiger partial charge in [0.05, 0.1) is 5.02 Å². The molecule has 0 saturated carbocycles. The molecule has 1 nitrogen and oxygen atoms in total. The van der Waals surface area contributed by atoms with Gasteiger partial charge < -0.3 is 4.74 Å². The Hall–Kier alpha value is -0.900. The Morgan fingerprint density at radius 2 is 2.00 bits per heavy atom. The highest BCUT2D eigenvalue weighted by molar-refractivity contribution is 6.30. The molecule has 0 atom stereocenters. The third-order valence-electron chi connectivity index (χ3n) is 0.958. The molecule has 1 aromatic rings. The summed E-state index contributed by atoms with van der Waals surface area (Å²) in [4.78, 5) is 0. The highest BCUT2D eigenvalue weighted by atomic mass is 35.5. The fourth-order valence-electron chi connectivity index (χ4n) is 0.605.